The van der Waals surface area contributed by atoms with Gasteiger partial charge in [0.15, 0.2) is 6.17 Å². The molecule has 3 aromatic rings. The van der Waals surface area contributed by atoms with Gasteiger partial charge in [0.2, 0.25) is 17.8 Å². The summed E-state index contributed by atoms with van der Waals surface area (Å²) in [5, 5.41) is 14.5. The molecule has 14 heteroatoms. The minimum Gasteiger partial charge on any atom is -0.497 e. The second kappa shape index (κ2) is 13.7. The van der Waals surface area contributed by atoms with Gasteiger partial charge < -0.3 is 36.1 Å². The number of methoxy groups -OCH3 is 1. The maximum absolute atomic E-state index is 12.4. The van der Waals surface area contributed by atoms with Gasteiger partial charge in [-0.05, 0) is 56.0 Å². The number of hydrogen-bond donors (Lipinski definition) is 5. The van der Waals surface area contributed by atoms with Crippen molar-refractivity contribution in [1.82, 2.24) is 30.5 Å². The van der Waals surface area contributed by atoms with Gasteiger partial charge in [0.25, 0.3) is 5.91 Å². The third kappa shape index (κ3) is 9.18. The summed E-state index contributed by atoms with van der Waals surface area (Å²) in [6.45, 7) is 6.76. The molecule has 1 aromatic heterocycles. The van der Waals surface area contributed by atoms with Crippen LogP contribution in [0.2, 0.25) is 0 Å². The molecule has 0 spiro atoms. The number of amides is 4. The molecular formula is C29H37N9O5. The molecule has 0 radical (unpaired) electrons. The van der Waals surface area contributed by atoms with E-state index >= 15 is 0 Å². The Bertz CT molecular complexity index is 1430. The SMILES string of the molecule is COc1ccc(CNc2nc(NCCc3ccc(CNC(=O)OC(C)(C)C)cc3)nc(NC3NC(=O)N(C)C3=O)n2)cc1. The van der Waals surface area contributed by atoms with Crippen LogP contribution in [-0.4, -0.2) is 70.4 Å². The predicted molar refractivity (Wildman–Crippen MR) is 161 cm³/mol. The number of carbonyl (C=O) groups excluding carboxylic acids is 3. The zero-order valence-electron chi connectivity index (χ0n) is 24.9. The van der Waals surface area contributed by atoms with Crippen molar-refractivity contribution in [3.63, 3.8) is 0 Å². The largest absolute Gasteiger partial charge is 0.497 e. The maximum atomic E-state index is 12.4. The Labute approximate surface area is 250 Å². The number of carbonyl (C=O) groups is 3. The number of alkyl carbamates (subject to hydrolysis) is 1. The third-order valence-corrected chi connectivity index (χ3v) is 6.22. The van der Waals surface area contributed by atoms with Crippen molar-refractivity contribution in [1.29, 1.82) is 0 Å². The van der Waals surface area contributed by atoms with Crippen LogP contribution in [0.25, 0.3) is 0 Å². The molecule has 1 atom stereocenters. The molecule has 228 valence electrons. The summed E-state index contributed by atoms with van der Waals surface area (Å²) in [6, 6.07) is 14.9. The first kappa shape index (κ1) is 30.8. The summed E-state index contributed by atoms with van der Waals surface area (Å²) in [5.41, 5.74) is 2.45. The molecule has 5 N–H and O–H groups in total. The van der Waals surface area contributed by atoms with Crippen molar-refractivity contribution in [3.8, 4) is 5.75 Å². The van der Waals surface area contributed by atoms with Crippen LogP contribution in [0.1, 0.15) is 37.5 Å². The summed E-state index contributed by atoms with van der Waals surface area (Å²) in [6.07, 6.45) is -0.785. The summed E-state index contributed by atoms with van der Waals surface area (Å²) >= 11 is 0. The van der Waals surface area contributed by atoms with Gasteiger partial charge in [-0.3, -0.25) is 9.69 Å². The highest BCUT2D eigenvalue weighted by Crippen LogP contribution is 2.16. The average Bonchev–Trinajstić information content (AvgIpc) is 3.21. The van der Waals surface area contributed by atoms with Crippen molar-refractivity contribution in [2.24, 2.45) is 0 Å². The first-order valence-corrected chi connectivity index (χ1v) is 13.7. The van der Waals surface area contributed by atoms with E-state index in [9.17, 15) is 14.4 Å². The maximum Gasteiger partial charge on any atom is 0.407 e. The smallest absolute Gasteiger partial charge is 0.407 e. The second-order valence-corrected chi connectivity index (χ2v) is 10.8. The standard InChI is InChI=1S/C29H37N9O5/c1-29(2,3)43-28(41)32-17-19-8-6-18(7-9-19)14-15-30-24-35-25(31-16-20-10-12-21(42-5)13-11-20)37-26(36-24)33-22-23(39)38(4)27(40)34-22/h6-13,22H,14-17H2,1-5H3,(H,32,41)(H,34,40)(H3,30,31,33,35,36,37). The van der Waals surface area contributed by atoms with Gasteiger partial charge in [0.05, 0.1) is 7.11 Å². The van der Waals surface area contributed by atoms with Gasteiger partial charge in [-0.2, -0.15) is 15.0 Å². The van der Waals surface area contributed by atoms with Crippen LogP contribution >= 0.6 is 0 Å². The lowest BCUT2D eigenvalue weighted by atomic mass is 10.1. The molecule has 4 amide bonds. The van der Waals surface area contributed by atoms with Crippen LogP contribution in [0.15, 0.2) is 48.5 Å². The zero-order chi connectivity index (χ0) is 31.0. The van der Waals surface area contributed by atoms with Gasteiger partial charge in [-0.15, -0.1) is 0 Å². The monoisotopic (exact) mass is 591 g/mol. The lowest BCUT2D eigenvalue weighted by Crippen LogP contribution is -2.37. The van der Waals surface area contributed by atoms with Gasteiger partial charge >= 0.3 is 12.1 Å². The Morgan fingerprint density at radius 2 is 1.47 bits per heavy atom. The summed E-state index contributed by atoms with van der Waals surface area (Å²) in [7, 11) is 3.00. The number of benzene rings is 2. The van der Waals surface area contributed by atoms with E-state index in [2.05, 4.69) is 41.5 Å². The lowest BCUT2D eigenvalue weighted by molar-refractivity contribution is -0.125. The number of aromatic nitrogens is 3. The fourth-order valence-electron chi connectivity index (χ4n) is 3.96. The Morgan fingerprint density at radius 3 is 2.07 bits per heavy atom. The number of ether oxygens (including phenoxy) is 2. The number of likely N-dealkylation sites (N-methyl/N-ethyl adjacent to an activating group) is 1. The van der Waals surface area contributed by atoms with Crippen molar-refractivity contribution in [2.75, 3.05) is 36.7 Å². The molecule has 0 bridgehead atoms. The number of rotatable bonds is 12. The minimum atomic E-state index is -0.995. The van der Waals surface area contributed by atoms with E-state index in [0.717, 1.165) is 27.3 Å². The highest BCUT2D eigenvalue weighted by molar-refractivity contribution is 6.04. The minimum absolute atomic E-state index is 0.116. The molecule has 43 heavy (non-hydrogen) atoms. The molecule has 2 heterocycles. The molecule has 1 aliphatic rings. The average molecular weight is 592 g/mol. The van der Waals surface area contributed by atoms with E-state index in [1.807, 2.05) is 69.3 Å². The summed E-state index contributed by atoms with van der Waals surface area (Å²) < 4.78 is 10.5. The Kier molecular flexibility index (Phi) is 9.80. The quantitative estimate of drug-likeness (QED) is 0.196. The molecule has 0 saturated carbocycles. The van der Waals surface area contributed by atoms with Crippen LogP contribution in [0.3, 0.4) is 0 Å². The lowest BCUT2D eigenvalue weighted by Gasteiger charge is -2.19. The molecule has 0 aliphatic carbocycles. The van der Waals surface area contributed by atoms with E-state index in [1.165, 1.54) is 7.05 Å². The number of imide groups is 1. The highest BCUT2D eigenvalue weighted by Gasteiger charge is 2.36. The van der Waals surface area contributed by atoms with Gasteiger partial charge in [-0.1, -0.05) is 36.4 Å². The van der Waals surface area contributed by atoms with E-state index in [0.29, 0.717) is 26.1 Å². The van der Waals surface area contributed by atoms with E-state index < -0.39 is 29.8 Å². The molecule has 2 aromatic carbocycles. The predicted octanol–water partition coefficient (Wildman–Crippen LogP) is 3.09. The number of nitrogens with zero attached hydrogens (tertiary/aromatic N) is 4. The molecule has 1 aliphatic heterocycles. The van der Waals surface area contributed by atoms with Crippen molar-refractivity contribution >= 4 is 35.9 Å². The van der Waals surface area contributed by atoms with Gasteiger partial charge in [-0.25, -0.2) is 9.59 Å². The Balaban J connectivity index is 1.37. The molecule has 4 rings (SSSR count). The van der Waals surface area contributed by atoms with Crippen LogP contribution in [0.4, 0.5) is 27.4 Å². The zero-order valence-corrected chi connectivity index (χ0v) is 24.9. The van der Waals surface area contributed by atoms with E-state index in [-0.39, 0.29) is 17.8 Å². The van der Waals surface area contributed by atoms with Gasteiger partial charge in [0.1, 0.15) is 11.4 Å². The van der Waals surface area contributed by atoms with Crippen molar-refractivity contribution in [3.05, 3.63) is 65.2 Å². The Hall–Kier alpha value is -5.14. The molecule has 1 fully saturated rings. The second-order valence-electron chi connectivity index (χ2n) is 10.8. The number of anilines is 3. The number of urea groups is 1. The van der Waals surface area contributed by atoms with Crippen molar-refractivity contribution < 1.29 is 23.9 Å². The Morgan fingerprint density at radius 1 is 0.884 bits per heavy atom. The van der Waals surface area contributed by atoms with Crippen LogP contribution in [0, 0.1) is 0 Å². The van der Waals surface area contributed by atoms with E-state index in [1.54, 1.807) is 7.11 Å². The highest BCUT2D eigenvalue weighted by atomic mass is 16.6. The first-order chi connectivity index (χ1) is 20.5. The normalized spacial score (nSPS) is 14.6. The first-order valence-electron chi connectivity index (χ1n) is 13.7. The van der Waals surface area contributed by atoms with E-state index in [4.69, 9.17) is 9.47 Å². The number of nitrogens with one attached hydrogen (secondary N) is 5. The molecule has 1 saturated heterocycles. The van der Waals surface area contributed by atoms with Crippen LogP contribution in [-0.2, 0) is 29.0 Å². The summed E-state index contributed by atoms with van der Waals surface area (Å²) in [5.74, 6) is 0.992. The van der Waals surface area contributed by atoms with Crippen LogP contribution in [0.5, 0.6) is 5.75 Å². The summed E-state index contributed by atoms with van der Waals surface area (Å²) in [4.78, 5) is 50.4. The third-order valence-electron chi connectivity index (χ3n) is 6.22. The molecule has 1 unspecified atom stereocenters. The fourth-order valence-corrected chi connectivity index (χ4v) is 3.96. The van der Waals surface area contributed by atoms with Crippen LogP contribution < -0.4 is 31.3 Å². The van der Waals surface area contributed by atoms with Crippen molar-refractivity contribution in [2.45, 2.75) is 52.0 Å². The molecule has 14 nitrogen and oxygen atoms in total. The number of hydrogen-bond acceptors (Lipinski definition) is 11. The topological polar surface area (TPSA) is 172 Å². The fraction of sp³-hybridized carbons (Fsp3) is 0.379. The van der Waals surface area contributed by atoms with Gasteiger partial charge in [0, 0.05) is 26.7 Å². The molecular weight excluding hydrogens is 554 g/mol.